The zero-order valence-corrected chi connectivity index (χ0v) is 15.7. The number of halogens is 1. The van der Waals surface area contributed by atoms with Crippen LogP contribution in [0.2, 0.25) is 5.02 Å². The summed E-state index contributed by atoms with van der Waals surface area (Å²) in [4.78, 5) is 21.3. The molecule has 1 aliphatic rings. The van der Waals surface area contributed by atoms with Crippen molar-refractivity contribution in [1.29, 1.82) is 0 Å². The van der Waals surface area contributed by atoms with Crippen LogP contribution in [0.5, 0.6) is 11.5 Å². The maximum Gasteiger partial charge on any atom is 0.257 e. The molecule has 0 saturated carbocycles. The molecule has 1 fully saturated rings. The number of ether oxygens (including phenoxy) is 2. The fraction of sp³-hybridized carbons (Fsp3) is 0.368. The molecule has 1 aromatic heterocycles. The average molecular weight is 376 g/mol. The molecule has 0 aliphatic carbocycles. The predicted octanol–water partition coefficient (Wildman–Crippen LogP) is 2.71. The SMILES string of the molecule is COc1cccc(C(=O)N2CCN(Cc3ncccc3Cl)CC2)c1OC. The van der Waals surface area contributed by atoms with E-state index in [1.807, 2.05) is 17.0 Å². The lowest BCUT2D eigenvalue weighted by atomic mass is 10.1. The van der Waals surface area contributed by atoms with Gasteiger partial charge < -0.3 is 14.4 Å². The smallest absolute Gasteiger partial charge is 0.257 e. The molecule has 0 spiro atoms. The number of nitrogens with zero attached hydrogens (tertiary/aromatic N) is 3. The van der Waals surface area contributed by atoms with Gasteiger partial charge in [0, 0.05) is 38.9 Å². The molecule has 1 aliphatic heterocycles. The van der Waals surface area contributed by atoms with Crippen LogP contribution in [0.25, 0.3) is 0 Å². The van der Waals surface area contributed by atoms with E-state index in [1.165, 1.54) is 0 Å². The molecule has 0 unspecified atom stereocenters. The number of para-hydroxylation sites is 1. The highest BCUT2D eigenvalue weighted by Gasteiger charge is 2.26. The Kier molecular flexibility index (Phi) is 5.96. The number of methoxy groups -OCH3 is 2. The first-order valence-corrected chi connectivity index (χ1v) is 8.84. The molecule has 2 heterocycles. The van der Waals surface area contributed by atoms with E-state index >= 15 is 0 Å². The molecule has 6 nitrogen and oxygen atoms in total. The second-order valence-corrected chi connectivity index (χ2v) is 6.45. The van der Waals surface area contributed by atoms with Crippen LogP contribution in [0.3, 0.4) is 0 Å². The lowest BCUT2D eigenvalue weighted by molar-refractivity contribution is 0.0623. The Labute approximate surface area is 158 Å². The molecule has 26 heavy (non-hydrogen) atoms. The largest absolute Gasteiger partial charge is 0.493 e. The number of aromatic nitrogens is 1. The number of pyridine rings is 1. The number of piperazine rings is 1. The Morgan fingerprint density at radius 1 is 1.12 bits per heavy atom. The summed E-state index contributed by atoms with van der Waals surface area (Å²) in [7, 11) is 3.11. The summed E-state index contributed by atoms with van der Waals surface area (Å²) in [5, 5.41) is 0.673. The average Bonchev–Trinajstić information content (AvgIpc) is 2.69. The van der Waals surface area contributed by atoms with Gasteiger partial charge in [0.1, 0.15) is 0 Å². The Hall–Kier alpha value is -2.31. The molecule has 1 saturated heterocycles. The summed E-state index contributed by atoms with van der Waals surface area (Å²) >= 11 is 6.19. The van der Waals surface area contributed by atoms with Crippen molar-refractivity contribution in [3.8, 4) is 11.5 Å². The quantitative estimate of drug-likeness (QED) is 0.804. The van der Waals surface area contributed by atoms with Gasteiger partial charge in [0.2, 0.25) is 0 Å². The van der Waals surface area contributed by atoms with E-state index in [9.17, 15) is 4.79 Å². The van der Waals surface area contributed by atoms with Gasteiger partial charge in [-0.2, -0.15) is 0 Å². The number of hydrogen-bond acceptors (Lipinski definition) is 5. The first kappa shape index (κ1) is 18.5. The van der Waals surface area contributed by atoms with Crippen LogP contribution in [0.4, 0.5) is 0 Å². The van der Waals surface area contributed by atoms with E-state index < -0.39 is 0 Å². The summed E-state index contributed by atoms with van der Waals surface area (Å²) in [6.45, 7) is 3.51. The predicted molar refractivity (Wildman–Crippen MR) is 100.0 cm³/mol. The van der Waals surface area contributed by atoms with Gasteiger partial charge in [-0.15, -0.1) is 0 Å². The van der Waals surface area contributed by atoms with Crippen molar-refractivity contribution in [2.75, 3.05) is 40.4 Å². The number of carbonyl (C=O) groups is 1. The number of rotatable bonds is 5. The van der Waals surface area contributed by atoms with Crippen LogP contribution < -0.4 is 9.47 Å². The topological polar surface area (TPSA) is 54.9 Å². The van der Waals surface area contributed by atoms with Crippen molar-refractivity contribution in [1.82, 2.24) is 14.8 Å². The third-order valence-corrected chi connectivity index (χ3v) is 4.85. The van der Waals surface area contributed by atoms with Gasteiger partial charge in [0.15, 0.2) is 11.5 Å². The Balaban J connectivity index is 1.65. The van der Waals surface area contributed by atoms with Gasteiger partial charge in [-0.1, -0.05) is 17.7 Å². The first-order chi connectivity index (χ1) is 12.6. The van der Waals surface area contributed by atoms with Crippen LogP contribution in [-0.2, 0) is 6.54 Å². The van der Waals surface area contributed by atoms with Crippen molar-refractivity contribution >= 4 is 17.5 Å². The molecule has 3 rings (SSSR count). The summed E-state index contributed by atoms with van der Waals surface area (Å²) in [5.41, 5.74) is 1.39. The van der Waals surface area contributed by atoms with Crippen LogP contribution in [0, 0.1) is 0 Å². The lowest BCUT2D eigenvalue weighted by Crippen LogP contribution is -2.48. The highest BCUT2D eigenvalue weighted by molar-refractivity contribution is 6.31. The maximum atomic E-state index is 12.9. The third kappa shape index (κ3) is 3.92. The normalized spacial score (nSPS) is 15.0. The molecule has 138 valence electrons. The second-order valence-electron chi connectivity index (χ2n) is 6.04. The standard InChI is InChI=1S/C19H22ClN3O3/c1-25-17-7-3-5-14(18(17)26-2)19(24)23-11-9-22(10-12-23)13-16-15(20)6-4-8-21-16/h3-8H,9-13H2,1-2H3. The second kappa shape index (κ2) is 8.38. The number of hydrogen-bond donors (Lipinski definition) is 0. The molecule has 7 heteroatoms. The van der Waals surface area contributed by atoms with Gasteiger partial charge in [-0.05, 0) is 24.3 Å². The minimum absolute atomic E-state index is 0.0451. The van der Waals surface area contributed by atoms with Gasteiger partial charge in [-0.3, -0.25) is 14.7 Å². The van der Waals surface area contributed by atoms with E-state index in [2.05, 4.69) is 9.88 Å². The summed E-state index contributed by atoms with van der Waals surface area (Å²) in [5.74, 6) is 0.987. The molecule has 0 radical (unpaired) electrons. The fourth-order valence-corrected chi connectivity index (χ4v) is 3.26. The van der Waals surface area contributed by atoms with Gasteiger partial charge >= 0.3 is 0 Å². The molecule has 0 atom stereocenters. The minimum atomic E-state index is -0.0451. The highest BCUT2D eigenvalue weighted by atomic mass is 35.5. The molecular formula is C19H22ClN3O3. The van der Waals surface area contributed by atoms with Crippen LogP contribution in [0.15, 0.2) is 36.5 Å². The van der Waals surface area contributed by atoms with E-state index in [-0.39, 0.29) is 5.91 Å². The highest BCUT2D eigenvalue weighted by Crippen LogP contribution is 2.31. The van der Waals surface area contributed by atoms with E-state index in [1.54, 1.807) is 38.6 Å². The Morgan fingerprint density at radius 3 is 2.54 bits per heavy atom. The summed E-state index contributed by atoms with van der Waals surface area (Å²) in [6.07, 6.45) is 1.75. The third-order valence-electron chi connectivity index (χ3n) is 4.50. The zero-order valence-electron chi connectivity index (χ0n) is 14.9. The van der Waals surface area contributed by atoms with Crippen LogP contribution in [0.1, 0.15) is 16.1 Å². The number of amides is 1. The number of benzene rings is 1. The Bertz CT molecular complexity index is 776. The molecule has 1 amide bonds. The van der Waals surface area contributed by atoms with Crippen molar-refractivity contribution in [2.24, 2.45) is 0 Å². The lowest BCUT2D eigenvalue weighted by Gasteiger charge is -2.35. The van der Waals surface area contributed by atoms with Crippen molar-refractivity contribution < 1.29 is 14.3 Å². The monoisotopic (exact) mass is 375 g/mol. The molecule has 0 bridgehead atoms. The minimum Gasteiger partial charge on any atom is -0.493 e. The molecule has 1 aromatic carbocycles. The van der Waals surface area contributed by atoms with Gasteiger partial charge in [0.25, 0.3) is 5.91 Å². The van der Waals surface area contributed by atoms with E-state index in [0.29, 0.717) is 41.7 Å². The summed E-state index contributed by atoms with van der Waals surface area (Å²) < 4.78 is 10.7. The summed E-state index contributed by atoms with van der Waals surface area (Å²) in [6, 6.07) is 9.02. The molecular weight excluding hydrogens is 354 g/mol. The molecule has 0 N–H and O–H groups in total. The van der Waals surface area contributed by atoms with Gasteiger partial charge in [-0.25, -0.2) is 0 Å². The van der Waals surface area contributed by atoms with Crippen LogP contribution in [-0.4, -0.2) is 61.1 Å². The van der Waals surface area contributed by atoms with Crippen molar-refractivity contribution in [2.45, 2.75) is 6.54 Å². The zero-order chi connectivity index (χ0) is 18.5. The first-order valence-electron chi connectivity index (χ1n) is 8.46. The van der Waals surface area contributed by atoms with Crippen LogP contribution >= 0.6 is 11.6 Å². The van der Waals surface area contributed by atoms with Crippen molar-refractivity contribution in [3.63, 3.8) is 0 Å². The fourth-order valence-electron chi connectivity index (χ4n) is 3.08. The van der Waals surface area contributed by atoms with Crippen molar-refractivity contribution in [3.05, 3.63) is 52.8 Å². The van der Waals surface area contributed by atoms with E-state index in [0.717, 1.165) is 18.8 Å². The maximum absolute atomic E-state index is 12.9. The molecule has 2 aromatic rings. The Morgan fingerprint density at radius 2 is 1.88 bits per heavy atom. The van der Waals surface area contributed by atoms with Gasteiger partial charge in [0.05, 0.1) is 30.5 Å². The van der Waals surface area contributed by atoms with E-state index in [4.69, 9.17) is 21.1 Å². The number of carbonyl (C=O) groups excluding carboxylic acids is 1.